The average Bonchev–Trinajstić information content (AvgIpc) is 2.30. The third kappa shape index (κ3) is 2.01. The van der Waals surface area contributed by atoms with Gasteiger partial charge in [-0.1, -0.05) is 40.2 Å². The van der Waals surface area contributed by atoms with Crippen LogP contribution in [0.5, 0.6) is 0 Å². The minimum absolute atomic E-state index is 0.129. The number of alkyl halides is 1. The zero-order valence-electron chi connectivity index (χ0n) is 9.73. The highest BCUT2D eigenvalue weighted by molar-refractivity contribution is 9.09. The van der Waals surface area contributed by atoms with Crippen LogP contribution in [0, 0.1) is 0 Å². The van der Waals surface area contributed by atoms with Crippen LogP contribution in [0.25, 0.3) is 0 Å². The molecular weight excluding hydrogens is 278 g/mol. The lowest BCUT2D eigenvalue weighted by Crippen LogP contribution is -2.45. The maximum absolute atomic E-state index is 12.4. The number of amides is 1. The Bertz CT molecular complexity index is 446. The number of nitrogens with zero attached hydrogens (tertiary/aromatic N) is 1. The standard InChI is InChI=1S/C14H16BrNO/c15-11-5-3-7-16(9-11)14(17)13-8-10-4-1-2-6-12(10)13/h1-2,4,6,11,13H,3,5,7-9H2. The second-order valence-corrected chi connectivity index (χ2v) is 6.27. The zero-order valence-corrected chi connectivity index (χ0v) is 11.3. The molecule has 0 radical (unpaired) electrons. The molecule has 17 heavy (non-hydrogen) atoms. The molecule has 1 aromatic rings. The number of hydrogen-bond acceptors (Lipinski definition) is 1. The summed E-state index contributed by atoms with van der Waals surface area (Å²) >= 11 is 3.62. The lowest BCUT2D eigenvalue weighted by atomic mass is 9.76. The van der Waals surface area contributed by atoms with Gasteiger partial charge in [0.05, 0.1) is 5.92 Å². The summed E-state index contributed by atoms with van der Waals surface area (Å²) in [5.41, 5.74) is 2.59. The van der Waals surface area contributed by atoms with Crippen LogP contribution in [0.4, 0.5) is 0 Å². The topological polar surface area (TPSA) is 20.3 Å². The predicted molar refractivity (Wildman–Crippen MR) is 71.4 cm³/mol. The highest BCUT2D eigenvalue weighted by atomic mass is 79.9. The van der Waals surface area contributed by atoms with Gasteiger partial charge in [0.2, 0.25) is 5.91 Å². The van der Waals surface area contributed by atoms with Crippen molar-refractivity contribution in [3.05, 3.63) is 35.4 Å². The molecule has 1 heterocycles. The van der Waals surface area contributed by atoms with E-state index in [9.17, 15) is 4.79 Å². The first kappa shape index (κ1) is 11.3. The zero-order chi connectivity index (χ0) is 11.8. The minimum Gasteiger partial charge on any atom is -0.341 e. The van der Waals surface area contributed by atoms with E-state index < -0.39 is 0 Å². The summed E-state index contributed by atoms with van der Waals surface area (Å²) < 4.78 is 0. The van der Waals surface area contributed by atoms with Crippen LogP contribution >= 0.6 is 15.9 Å². The van der Waals surface area contributed by atoms with Gasteiger partial charge >= 0.3 is 0 Å². The molecule has 1 saturated heterocycles. The van der Waals surface area contributed by atoms with Crippen molar-refractivity contribution in [1.82, 2.24) is 4.90 Å². The normalized spacial score (nSPS) is 27.2. The second-order valence-electron chi connectivity index (χ2n) is 4.98. The fraction of sp³-hybridized carbons (Fsp3) is 0.500. The highest BCUT2D eigenvalue weighted by Gasteiger charge is 2.35. The van der Waals surface area contributed by atoms with Crippen molar-refractivity contribution in [2.45, 2.75) is 30.0 Å². The highest BCUT2D eigenvalue weighted by Crippen LogP contribution is 2.36. The summed E-state index contributed by atoms with van der Waals surface area (Å²) in [6, 6.07) is 8.30. The lowest BCUT2D eigenvalue weighted by Gasteiger charge is -2.37. The molecule has 0 bridgehead atoms. The number of halogens is 1. The van der Waals surface area contributed by atoms with Crippen LogP contribution in [0.3, 0.4) is 0 Å². The predicted octanol–water partition coefficient (Wildman–Crippen LogP) is 2.71. The number of likely N-dealkylation sites (tertiary alicyclic amines) is 1. The van der Waals surface area contributed by atoms with Gasteiger partial charge in [-0.2, -0.15) is 0 Å². The molecule has 0 saturated carbocycles. The smallest absolute Gasteiger partial charge is 0.230 e. The molecule has 2 atom stereocenters. The number of carbonyl (C=O) groups is 1. The molecule has 90 valence electrons. The third-order valence-corrected chi connectivity index (χ3v) is 4.58. The number of carbonyl (C=O) groups excluding carboxylic acids is 1. The van der Waals surface area contributed by atoms with Gasteiger partial charge in [-0.3, -0.25) is 4.79 Å². The van der Waals surface area contributed by atoms with Crippen molar-refractivity contribution in [1.29, 1.82) is 0 Å². The molecule has 3 heteroatoms. The quantitative estimate of drug-likeness (QED) is 0.729. The minimum atomic E-state index is 0.129. The van der Waals surface area contributed by atoms with Crippen molar-refractivity contribution in [2.24, 2.45) is 0 Å². The van der Waals surface area contributed by atoms with Gasteiger partial charge in [-0.05, 0) is 30.4 Å². The monoisotopic (exact) mass is 293 g/mol. The molecular formula is C14H16BrNO. The third-order valence-electron chi connectivity index (χ3n) is 3.83. The first-order valence-electron chi connectivity index (χ1n) is 6.26. The van der Waals surface area contributed by atoms with Crippen molar-refractivity contribution >= 4 is 21.8 Å². The Kier molecular flexibility index (Phi) is 2.95. The van der Waals surface area contributed by atoms with Gasteiger partial charge in [0.25, 0.3) is 0 Å². The molecule has 2 nitrogen and oxygen atoms in total. The fourth-order valence-corrected chi connectivity index (χ4v) is 3.50. The van der Waals surface area contributed by atoms with Crippen molar-refractivity contribution < 1.29 is 4.79 Å². The van der Waals surface area contributed by atoms with Gasteiger partial charge in [-0.25, -0.2) is 0 Å². The van der Waals surface area contributed by atoms with Crippen molar-refractivity contribution in [2.75, 3.05) is 13.1 Å². The molecule has 2 unspecified atom stereocenters. The molecule has 1 fully saturated rings. The van der Waals surface area contributed by atoms with Gasteiger partial charge in [0, 0.05) is 17.9 Å². The Labute approximate surface area is 110 Å². The van der Waals surface area contributed by atoms with E-state index in [1.807, 2.05) is 11.0 Å². The van der Waals surface area contributed by atoms with Gasteiger partial charge in [0.15, 0.2) is 0 Å². The van der Waals surface area contributed by atoms with Gasteiger partial charge < -0.3 is 4.90 Å². The van der Waals surface area contributed by atoms with E-state index >= 15 is 0 Å². The summed E-state index contributed by atoms with van der Waals surface area (Å²) in [6.45, 7) is 1.80. The Morgan fingerprint density at radius 2 is 2.18 bits per heavy atom. The number of hydrogen-bond donors (Lipinski definition) is 0. The molecule has 3 rings (SSSR count). The molecule has 0 spiro atoms. The Balaban J connectivity index is 1.72. The van der Waals surface area contributed by atoms with E-state index in [-0.39, 0.29) is 5.92 Å². The van der Waals surface area contributed by atoms with Crippen LogP contribution in [0.15, 0.2) is 24.3 Å². The van der Waals surface area contributed by atoms with Gasteiger partial charge in [-0.15, -0.1) is 0 Å². The summed E-state index contributed by atoms with van der Waals surface area (Å²) in [6.07, 6.45) is 3.24. The summed E-state index contributed by atoms with van der Waals surface area (Å²) in [7, 11) is 0. The number of benzene rings is 1. The SMILES string of the molecule is O=C(C1Cc2ccccc21)N1CCCC(Br)C1. The van der Waals surface area contributed by atoms with E-state index in [1.54, 1.807) is 0 Å². The van der Waals surface area contributed by atoms with Crippen LogP contribution in [-0.2, 0) is 11.2 Å². The Morgan fingerprint density at radius 3 is 2.94 bits per heavy atom. The van der Waals surface area contributed by atoms with Crippen molar-refractivity contribution in [3.63, 3.8) is 0 Å². The first-order chi connectivity index (χ1) is 8.25. The number of rotatable bonds is 1. The van der Waals surface area contributed by atoms with Crippen LogP contribution in [-0.4, -0.2) is 28.7 Å². The van der Waals surface area contributed by atoms with E-state index in [0.717, 1.165) is 25.9 Å². The molecule has 0 N–H and O–H groups in total. The van der Waals surface area contributed by atoms with E-state index in [4.69, 9.17) is 0 Å². The summed E-state index contributed by atoms with van der Waals surface area (Å²) in [5, 5.41) is 0. The molecule has 2 aliphatic rings. The molecule has 1 aliphatic carbocycles. The molecule has 1 aromatic carbocycles. The molecule has 1 aliphatic heterocycles. The Morgan fingerprint density at radius 1 is 1.35 bits per heavy atom. The molecule has 0 aromatic heterocycles. The maximum atomic E-state index is 12.4. The Hall–Kier alpha value is -0.830. The maximum Gasteiger partial charge on any atom is 0.230 e. The number of fused-ring (bicyclic) bond motifs is 1. The van der Waals surface area contributed by atoms with Crippen LogP contribution in [0.2, 0.25) is 0 Å². The van der Waals surface area contributed by atoms with Gasteiger partial charge in [0.1, 0.15) is 0 Å². The van der Waals surface area contributed by atoms with Crippen LogP contribution in [0.1, 0.15) is 29.9 Å². The van der Waals surface area contributed by atoms with Crippen LogP contribution < -0.4 is 0 Å². The lowest BCUT2D eigenvalue weighted by molar-refractivity contribution is -0.134. The summed E-state index contributed by atoms with van der Waals surface area (Å²) in [4.78, 5) is 14.9. The largest absolute Gasteiger partial charge is 0.341 e. The van der Waals surface area contributed by atoms with Crippen molar-refractivity contribution in [3.8, 4) is 0 Å². The summed E-state index contributed by atoms with van der Waals surface area (Å²) in [5.74, 6) is 0.455. The van der Waals surface area contributed by atoms with E-state index in [2.05, 4.69) is 34.1 Å². The van der Waals surface area contributed by atoms with E-state index in [0.29, 0.717) is 10.7 Å². The average molecular weight is 294 g/mol. The van der Waals surface area contributed by atoms with E-state index in [1.165, 1.54) is 17.5 Å². The second kappa shape index (κ2) is 4.45. The fourth-order valence-electron chi connectivity index (χ4n) is 2.83. The number of piperidine rings is 1. The molecule has 1 amide bonds. The first-order valence-corrected chi connectivity index (χ1v) is 7.18.